The number of aromatic amines is 1. The van der Waals surface area contributed by atoms with Crippen molar-refractivity contribution in [2.75, 3.05) is 19.7 Å². The van der Waals surface area contributed by atoms with Gasteiger partial charge in [-0.1, -0.05) is 18.2 Å². The standard InChI is InChI=1S/C22H25N3O3/c26-18(13-28-16-5-2-1-3-6-16)25-12-4-10-22(14-25)11-9-17-19(22)23-20(15-7-8-15)24-21(17)27/h1-3,5-6,15H,4,7-14H2,(H,23,24,27). The van der Waals surface area contributed by atoms with Crippen LogP contribution in [0, 0.1) is 0 Å². The lowest BCUT2D eigenvalue weighted by Gasteiger charge is -2.40. The molecule has 2 aromatic rings. The smallest absolute Gasteiger partial charge is 0.260 e. The first-order chi connectivity index (χ1) is 13.6. The highest BCUT2D eigenvalue weighted by atomic mass is 16.5. The summed E-state index contributed by atoms with van der Waals surface area (Å²) in [6.07, 6.45) is 5.79. The summed E-state index contributed by atoms with van der Waals surface area (Å²) in [5, 5.41) is 0. The number of rotatable bonds is 4. The van der Waals surface area contributed by atoms with Crippen LogP contribution in [-0.2, 0) is 16.6 Å². The third kappa shape index (κ3) is 3.11. The first-order valence-corrected chi connectivity index (χ1v) is 10.2. The van der Waals surface area contributed by atoms with Gasteiger partial charge in [-0.2, -0.15) is 0 Å². The van der Waals surface area contributed by atoms with E-state index in [-0.39, 0.29) is 23.5 Å². The predicted molar refractivity (Wildman–Crippen MR) is 105 cm³/mol. The molecular weight excluding hydrogens is 354 g/mol. The number of carbonyl (C=O) groups excluding carboxylic acids is 1. The molecule has 1 aromatic heterocycles. The third-order valence-electron chi connectivity index (χ3n) is 6.39. The molecule has 3 aliphatic rings. The summed E-state index contributed by atoms with van der Waals surface area (Å²) in [5.41, 5.74) is 1.65. The van der Waals surface area contributed by atoms with Crippen molar-refractivity contribution in [3.63, 3.8) is 0 Å². The van der Waals surface area contributed by atoms with E-state index in [1.165, 1.54) is 0 Å². The van der Waals surface area contributed by atoms with Gasteiger partial charge in [-0.05, 0) is 50.7 Å². The van der Waals surface area contributed by atoms with E-state index in [9.17, 15) is 9.59 Å². The second-order valence-electron chi connectivity index (χ2n) is 8.35. The van der Waals surface area contributed by atoms with E-state index in [1.807, 2.05) is 35.2 Å². The van der Waals surface area contributed by atoms with Gasteiger partial charge in [-0.3, -0.25) is 9.59 Å². The largest absolute Gasteiger partial charge is 0.484 e. The summed E-state index contributed by atoms with van der Waals surface area (Å²) >= 11 is 0. The molecule has 2 aliphatic carbocycles. The topological polar surface area (TPSA) is 75.3 Å². The lowest BCUT2D eigenvalue weighted by molar-refractivity contribution is -0.135. The van der Waals surface area contributed by atoms with E-state index < -0.39 is 0 Å². The summed E-state index contributed by atoms with van der Waals surface area (Å²) in [6, 6.07) is 9.42. The lowest BCUT2D eigenvalue weighted by atomic mass is 9.77. The number of hydrogen-bond donors (Lipinski definition) is 1. The number of aromatic nitrogens is 2. The second-order valence-corrected chi connectivity index (χ2v) is 8.35. The maximum atomic E-state index is 12.8. The highest BCUT2D eigenvalue weighted by molar-refractivity contribution is 5.78. The van der Waals surface area contributed by atoms with Gasteiger partial charge in [0.2, 0.25) is 0 Å². The SMILES string of the molecule is O=C(COc1ccccc1)N1CCCC2(CCc3c2nc(C2CC2)[nH]c3=O)C1. The fraction of sp³-hybridized carbons (Fsp3) is 0.500. The number of likely N-dealkylation sites (tertiary alicyclic amines) is 1. The predicted octanol–water partition coefficient (Wildman–Crippen LogP) is 2.53. The van der Waals surface area contributed by atoms with Crippen LogP contribution in [0.15, 0.2) is 35.1 Å². The Hall–Kier alpha value is -2.63. The summed E-state index contributed by atoms with van der Waals surface area (Å²) in [7, 11) is 0. The maximum Gasteiger partial charge on any atom is 0.260 e. The zero-order valence-electron chi connectivity index (χ0n) is 15.9. The van der Waals surface area contributed by atoms with Gasteiger partial charge in [0, 0.05) is 30.0 Å². The average molecular weight is 379 g/mol. The van der Waals surface area contributed by atoms with E-state index >= 15 is 0 Å². The number of benzene rings is 1. The Morgan fingerprint density at radius 1 is 1.25 bits per heavy atom. The number of fused-ring (bicyclic) bond motifs is 2. The summed E-state index contributed by atoms with van der Waals surface area (Å²) < 4.78 is 5.66. The van der Waals surface area contributed by atoms with Gasteiger partial charge in [0.25, 0.3) is 11.5 Å². The van der Waals surface area contributed by atoms with Gasteiger partial charge in [0.15, 0.2) is 6.61 Å². The zero-order chi connectivity index (χ0) is 19.1. The number of H-pyrrole nitrogens is 1. The Labute approximate surface area is 163 Å². The summed E-state index contributed by atoms with van der Waals surface area (Å²) in [4.78, 5) is 35.2. The molecule has 28 heavy (non-hydrogen) atoms. The van der Waals surface area contributed by atoms with Gasteiger partial charge in [-0.15, -0.1) is 0 Å². The van der Waals surface area contributed by atoms with E-state index in [4.69, 9.17) is 9.72 Å². The minimum Gasteiger partial charge on any atom is -0.484 e. The number of hydrogen-bond acceptors (Lipinski definition) is 4. The van der Waals surface area contributed by atoms with Crippen molar-refractivity contribution < 1.29 is 9.53 Å². The van der Waals surface area contributed by atoms with Crippen LogP contribution in [0.4, 0.5) is 0 Å². The van der Waals surface area contributed by atoms with Crippen molar-refractivity contribution in [2.45, 2.75) is 49.9 Å². The molecule has 1 unspecified atom stereocenters. The van der Waals surface area contributed by atoms with Crippen LogP contribution < -0.4 is 10.3 Å². The van der Waals surface area contributed by atoms with Crippen LogP contribution in [0.25, 0.3) is 0 Å². The molecule has 1 atom stereocenters. The molecule has 1 aromatic carbocycles. The number of nitrogens with zero attached hydrogens (tertiary/aromatic N) is 2. The van der Waals surface area contributed by atoms with Crippen LogP contribution in [0.5, 0.6) is 5.75 Å². The minimum absolute atomic E-state index is 0.00337. The second kappa shape index (κ2) is 6.76. The minimum atomic E-state index is -0.173. The number of para-hydroxylation sites is 1. The van der Waals surface area contributed by atoms with Crippen molar-refractivity contribution >= 4 is 5.91 Å². The third-order valence-corrected chi connectivity index (χ3v) is 6.39. The molecule has 1 N–H and O–H groups in total. The average Bonchev–Trinajstić information content (AvgIpc) is 3.52. The van der Waals surface area contributed by atoms with Crippen molar-refractivity contribution in [1.29, 1.82) is 0 Å². The number of piperidine rings is 1. The van der Waals surface area contributed by atoms with Gasteiger partial charge in [0.05, 0.1) is 5.69 Å². The molecule has 2 heterocycles. The highest BCUT2D eigenvalue weighted by Crippen LogP contribution is 2.45. The Balaban J connectivity index is 1.35. The number of carbonyl (C=O) groups is 1. The van der Waals surface area contributed by atoms with E-state index in [1.54, 1.807) is 0 Å². The molecular formula is C22H25N3O3. The summed E-state index contributed by atoms with van der Waals surface area (Å²) in [5.74, 6) is 1.97. The Bertz CT molecular complexity index is 951. The fourth-order valence-electron chi connectivity index (χ4n) is 4.71. The molecule has 1 saturated carbocycles. The quantitative estimate of drug-likeness (QED) is 0.886. The zero-order valence-corrected chi connectivity index (χ0v) is 15.9. The highest BCUT2D eigenvalue weighted by Gasteiger charge is 2.46. The molecule has 146 valence electrons. The molecule has 1 saturated heterocycles. The monoisotopic (exact) mass is 379 g/mol. The van der Waals surface area contributed by atoms with Gasteiger partial charge in [-0.25, -0.2) is 4.98 Å². The number of nitrogens with one attached hydrogen (secondary N) is 1. The van der Waals surface area contributed by atoms with Crippen molar-refractivity contribution in [3.8, 4) is 5.75 Å². The van der Waals surface area contributed by atoms with Crippen LogP contribution >= 0.6 is 0 Å². The van der Waals surface area contributed by atoms with Crippen LogP contribution in [0.1, 0.15) is 55.1 Å². The van der Waals surface area contributed by atoms with Crippen molar-refractivity contribution in [1.82, 2.24) is 14.9 Å². The van der Waals surface area contributed by atoms with Gasteiger partial charge in [0.1, 0.15) is 11.6 Å². The fourth-order valence-corrected chi connectivity index (χ4v) is 4.71. The number of ether oxygens (including phenoxy) is 1. The molecule has 1 amide bonds. The van der Waals surface area contributed by atoms with Crippen molar-refractivity contribution in [2.24, 2.45) is 0 Å². The molecule has 0 radical (unpaired) electrons. The van der Waals surface area contributed by atoms with E-state index in [0.717, 1.165) is 62.2 Å². The Morgan fingerprint density at radius 2 is 2.07 bits per heavy atom. The van der Waals surface area contributed by atoms with E-state index in [2.05, 4.69) is 4.98 Å². The normalized spacial score (nSPS) is 23.6. The lowest BCUT2D eigenvalue weighted by Crippen LogP contribution is -2.49. The molecule has 0 bridgehead atoms. The van der Waals surface area contributed by atoms with Gasteiger partial charge >= 0.3 is 0 Å². The van der Waals surface area contributed by atoms with Crippen molar-refractivity contribution in [3.05, 3.63) is 57.8 Å². The maximum absolute atomic E-state index is 12.8. The molecule has 6 nitrogen and oxygen atoms in total. The molecule has 6 heteroatoms. The van der Waals surface area contributed by atoms with Crippen LogP contribution in [0.3, 0.4) is 0 Å². The molecule has 5 rings (SSSR count). The van der Waals surface area contributed by atoms with Crippen LogP contribution in [-0.4, -0.2) is 40.5 Å². The Kier molecular flexibility index (Phi) is 4.22. The molecule has 1 spiro atoms. The van der Waals surface area contributed by atoms with E-state index in [0.29, 0.717) is 18.2 Å². The molecule has 1 aliphatic heterocycles. The Morgan fingerprint density at radius 3 is 2.86 bits per heavy atom. The van der Waals surface area contributed by atoms with Crippen LogP contribution in [0.2, 0.25) is 0 Å². The summed E-state index contributed by atoms with van der Waals surface area (Å²) in [6.45, 7) is 1.42. The first kappa shape index (κ1) is 17.5. The number of amides is 1. The van der Waals surface area contributed by atoms with Gasteiger partial charge < -0.3 is 14.6 Å². The first-order valence-electron chi connectivity index (χ1n) is 10.2. The molecule has 2 fully saturated rings.